The van der Waals surface area contributed by atoms with Gasteiger partial charge in [0.15, 0.2) is 5.13 Å². The number of nitrogens with one attached hydrogen (secondary N) is 1. The highest BCUT2D eigenvalue weighted by Gasteiger charge is 2.38. The smallest absolute Gasteiger partial charge is 0.266 e. The molecule has 3 amide bonds. The van der Waals surface area contributed by atoms with Gasteiger partial charge in [0.2, 0.25) is 10.0 Å². The van der Waals surface area contributed by atoms with Crippen molar-refractivity contribution in [1.82, 2.24) is 9.29 Å². The van der Waals surface area contributed by atoms with E-state index < -0.39 is 27.7 Å². The number of carbonyl (C=O) groups excluding carboxylic acids is 3. The van der Waals surface area contributed by atoms with Crippen molar-refractivity contribution in [2.75, 3.05) is 24.3 Å². The molecule has 0 aliphatic carbocycles. The molecule has 0 unspecified atom stereocenters. The van der Waals surface area contributed by atoms with Crippen LogP contribution >= 0.6 is 11.3 Å². The van der Waals surface area contributed by atoms with E-state index in [1.807, 2.05) is 0 Å². The molecule has 1 aliphatic rings. The van der Waals surface area contributed by atoms with Gasteiger partial charge in [-0.1, -0.05) is 35.6 Å². The zero-order valence-corrected chi connectivity index (χ0v) is 20.2. The van der Waals surface area contributed by atoms with E-state index in [0.29, 0.717) is 10.2 Å². The highest BCUT2D eigenvalue weighted by Crippen LogP contribution is 2.33. The third-order valence-corrected chi connectivity index (χ3v) is 8.29. The SMILES string of the molecule is CN(C)S(=O)(=O)c1ccc2nc(NC(=O)c3ccccc3N3C(=O)c4ccccc4C3=O)sc2c1. The van der Waals surface area contributed by atoms with E-state index >= 15 is 0 Å². The van der Waals surface area contributed by atoms with Gasteiger partial charge in [0.1, 0.15) is 0 Å². The van der Waals surface area contributed by atoms with Crippen LogP contribution in [0.3, 0.4) is 0 Å². The van der Waals surface area contributed by atoms with Crippen LogP contribution < -0.4 is 10.2 Å². The van der Waals surface area contributed by atoms with Crippen molar-refractivity contribution in [3.63, 3.8) is 0 Å². The lowest BCUT2D eigenvalue weighted by atomic mass is 10.1. The van der Waals surface area contributed by atoms with Crippen molar-refractivity contribution in [3.8, 4) is 0 Å². The first kappa shape index (κ1) is 22.8. The van der Waals surface area contributed by atoms with Crippen LogP contribution in [0.15, 0.2) is 71.6 Å². The molecular weight excluding hydrogens is 488 g/mol. The van der Waals surface area contributed by atoms with Gasteiger partial charge in [0, 0.05) is 14.1 Å². The summed E-state index contributed by atoms with van der Waals surface area (Å²) < 4.78 is 26.5. The summed E-state index contributed by atoms with van der Waals surface area (Å²) in [5.41, 5.74) is 1.37. The van der Waals surface area contributed by atoms with Gasteiger partial charge in [-0.3, -0.25) is 19.7 Å². The van der Waals surface area contributed by atoms with E-state index in [4.69, 9.17) is 0 Å². The summed E-state index contributed by atoms with van der Waals surface area (Å²) in [6.45, 7) is 0. The number of para-hydroxylation sites is 1. The summed E-state index contributed by atoms with van der Waals surface area (Å²) in [5.74, 6) is -1.56. The number of benzene rings is 3. The molecule has 9 nitrogen and oxygen atoms in total. The molecule has 2 heterocycles. The van der Waals surface area contributed by atoms with Crippen LogP contribution in [0.4, 0.5) is 10.8 Å². The number of hydrogen-bond donors (Lipinski definition) is 1. The van der Waals surface area contributed by atoms with Crippen LogP contribution in [-0.4, -0.2) is 49.5 Å². The van der Waals surface area contributed by atoms with Crippen LogP contribution in [0.2, 0.25) is 0 Å². The Bertz CT molecular complexity index is 1610. The highest BCUT2D eigenvalue weighted by molar-refractivity contribution is 7.89. The molecule has 35 heavy (non-hydrogen) atoms. The molecule has 1 N–H and O–H groups in total. The number of hydrogen-bond acceptors (Lipinski definition) is 7. The van der Waals surface area contributed by atoms with Crippen molar-refractivity contribution >= 4 is 60.1 Å². The molecular formula is C24H18N4O5S2. The number of carbonyl (C=O) groups is 3. The topological polar surface area (TPSA) is 117 Å². The average Bonchev–Trinajstić information content (AvgIpc) is 3.36. The van der Waals surface area contributed by atoms with Gasteiger partial charge in [-0.25, -0.2) is 22.6 Å². The number of aromatic nitrogens is 1. The number of imide groups is 1. The van der Waals surface area contributed by atoms with Crippen molar-refractivity contribution in [2.45, 2.75) is 4.90 Å². The molecule has 5 rings (SSSR count). The molecule has 11 heteroatoms. The fraction of sp³-hybridized carbons (Fsp3) is 0.0833. The quantitative estimate of drug-likeness (QED) is 0.414. The predicted molar refractivity (Wildman–Crippen MR) is 132 cm³/mol. The fourth-order valence-electron chi connectivity index (χ4n) is 3.76. The molecule has 3 aromatic carbocycles. The lowest BCUT2D eigenvalue weighted by Gasteiger charge is -2.17. The van der Waals surface area contributed by atoms with Gasteiger partial charge >= 0.3 is 0 Å². The lowest BCUT2D eigenvalue weighted by molar-refractivity contribution is 0.0926. The summed E-state index contributed by atoms with van der Waals surface area (Å²) in [7, 11) is -0.722. The molecule has 1 aromatic heterocycles. The van der Waals surface area contributed by atoms with Crippen LogP contribution in [0.5, 0.6) is 0 Å². The largest absolute Gasteiger partial charge is 0.298 e. The molecule has 1 aliphatic heterocycles. The maximum atomic E-state index is 13.2. The molecule has 4 aromatic rings. The van der Waals surface area contributed by atoms with Gasteiger partial charge in [-0.05, 0) is 42.5 Å². The highest BCUT2D eigenvalue weighted by atomic mass is 32.2. The number of amides is 3. The van der Waals surface area contributed by atoms with Crippen LogP contribution in [-0.2, 0) is 10.0 Å². The second-order valence-corrected chi connectivity index (χ2v) is 11.1. The van der Waals surface area contributed by atoms with E-state index in [1.165, 1.54) is 38.4 Å². The number of anilines is 2. The van der Waals surface area contributed by atoms with E-state index in [0.717, 1.165) is 20.5 Å². The summed E-state index contributed by atoms with van der Waals surface area (Å²) in [4.78, 5) is 44.5. The standard InChI is InChI=1S/C24H18N4O5S2/c1-27(2)35(32,33)14-11-12-18-20(13-14)34-24(25-18)26-21(29)17-9-5-6-10-19(17)28-22(30)15-7-3-4-8-16(15)23(28)31/h3-13H,1-2H3,(H,25,26,29). The molecule has 0 spiro atoms. The zero-order valence-electron chi connectivity index (χ0n) is 18.6. The van der Waals surface area contributed by atoms with Gasteiger partial charge in [-0.15, -0.1) is 0 Å². The average molecular weight is 507 g/mol. The van der Waals surface area contributed by atoms with Gasteiger partial charge in [0.05, 0.1) is 37.5 Å². The second kappa shape index (κ2) is 8.38. The van der Waals surface area contributed by atoms with Gasteiger partial charge in [-0.2, -0.15) is 0 Å². The van der Waals surface area contributed by atoms with Crippen molar-refractivity contribution in [3.05, 3.63) is 83.4 Å². The maximum absolute atomic E-state index is 13.2. The molecule has 0 atom stereocenters. The minimum Gasteiger partial charge on any atom is -0.298 e. The molecule has 0 saturated carbocycles. The number of rotatable bonds is 5. The zero-order chi connectivity index (χ0) is 24.9. The summed E-state index contributed by atoms with van der Waals surface area (Å²) >= 11 is 1.12. The number of sulfonamides is 1. The minimum absolute atomic E-state index is 0.118. The molecule has 0 saturated heterocycles. The summed E-state index contributed by atoms with van der Waals surface area (Å²) in [6, 6.07) is 17.4. The Kier molecular flexibility index (Phi) is 5.47. The van der Waals surface area contributed by atoms with E-state index in [9.17, 15) is 22.8 Å². The van der Waals surface area contributed by atoms with E-state index in [-0.39, 0.29) is 32.4 Å². The Morgan fingerprint density at radius 1 is 0.943 bits per heavy atom. The van der Waals surface area contributed by atoms with Crippen LogP contribution in [0.25, 0.3) is 10.2 Å². The number of fused-ring (bicyclic) bond motifs is 2. The van der Waals surface area contributed by atoms with Gasteiger partial charge in [0.25, 0.3) is 17.7 Å². The summed E-state index contributed by atoms with van der Waals surface area (Å²) in [6.07, 6.45) is 0. The Hall–Kier alpha value is -3.93. The van der Waals surface area contributed by atoms with E-state index in [2.05, 4.69) is 10.3 Å². The maximum Gasteiger partial charge on any atom is 0.266 e. The molecule has 0 radical (unpaired) electrons. The van der Waals surface area contributed by atoms with Crippen molar-refractivity contribution in [2.24, 2.45) is 0 Å². The van der Waals surface area contributed by atoms with Gasteiger partial charge < -0.3 is 0 Å². The first-order valence-corrected chi connectivity index (χ1v) is 12.7. The first-order valence-electron chi connectivity index (χ1n) is 10.4. The third kappa shape index (κ3) is 3.79. The molecule has 0 fully saturated rings. The predicted octanol–water partition coefficient (Wildman–Crippen LogP) is 3.60. The van der Waals surface area contributed by atoms with Crippen LogP contribution in [0.1, 0.15) is 31.1 Å². The second-order valence-electron chi connectivity index (χ2n) is 7.90. The van der Waals surface area contributed by atoms with Crippen molar-refractivity contribution < 1.29 is 22.8 Å². The van der Waals surface area contributed by atoms with Crippen molar-refractivity contribution in [1.29, 1.82) is 0 Å². The molecule has 0 bridgehead atoms. The fourth-order valence-corrected chi connectivity index (χ4v) is 5.67. The number of thiazole rings is 1. The lowest BCUT2D eigenvalue weighted by Crippen LogP contribution is -2.31. The Morgan fingerprint density at radius 3 is 2.23 bits per heavy atom. The van der Waals surface area contributed by atoms with E-state index in [1.54, 1.807) is 42.5 Å². The molecule has 176 valence electrons. The first-order chi connectivity index (χ1) is 16.7. The Balaban J connectivity index is 1.46. The number of nitrogens with zero attached hydrogens (tertiary/aromatic N) is 3. The minimum atomic E-state index is -3.62. The Morgan fingerprint density at radius 2 is 1.57 bits per heavy atom. The Labute approximate surface area is 204 Å². The monoisotopic (exact) mass is 506 g/mol. The third-order valence-electron chi connectivity index (χ3n) is 5.54. The normalized spacial score (nSPS) is 13.5. The van der Waals surface area contributed by atoms with Crippen LogP contribution in [0, 0.1) is 0 Å². The summed E-state index contributed by atoms with van der Waals surface area (Å²) in [5, 5.41) is 2.95.